The third-order valence-electron chi connectivity index (χ3n) is 3.05. The normalized spacial score (nSPS) is 31.7. The summed E-state index contributed by atoms with van der Waals surface area (Å²) in [5.74, 6) is -0.354. The highest BCUT2D eigenvalue weighted by molar-refractivity contribution is 5.86. The van der Waals surface area contributed by atoms with Crippen molar-refractivity contribution in [1.29, 1.82) is 0 Å². The first-order valence-electron chi connectivity index (χ1n) is 5.76. The van der Waals surface area contributed by atoms with Crippen molar-refractivity contribution in [2.75, 3.05) is 13.2 Å². The number of ether oxygens (including phenoxy) is 3. The van der Waals surface area contributed by atoms with Gasteiger partial charge in [0.2, 0.25) is 0 Å². The molecule has 3 unspecified atom stereocenters. The summed E-state index contributed by atoms with van der Waals surface area (Å²) in [6, 6.07) is 0. The Bertz CT molecular complexity index is 287. The zero-order valence-corrected chi connectivity index (χ0v) is 9.61. The number of carbonyl (C=O) groups is 1. The minimum absolute atomic E-state index is 0.197. The Labute approximate surface area is 95.6 Å². The van der Waals surface area contributed by atoms with Crippen LogP contribution in [0.15, 0.2) is 12.2 Å². The minimum Gasteiger partial charge on any atom is -0.460 e. The molecule has 2 aliphatic heterocycles. The largest absolute Gasteiger partial charge is 0.460 e. The van der Waals surface area contributed by atoms with Crippen molar-refractivity contribution in [3.05, 3.63) is 12.2 Å². The zero-order valence-electron chi connectivity index (χ0n) is 9.61. The lowest BCUT2D eigenvalue weighted by Crippen LogP contribution is -2.27. The molecule has 2 fully saturated rings. The van der Waals surface area contributed by atoms with Crippen molar-refractivity contribution in [2.45, 2.75) is 44.5 Å². The summed E-state index contributed by atoms with van der Waals surface area (Å²) in [7, 11) is 0. The maximum Gasteiger partial charge on any atom is 0.333 e. The van der Waals surface area contributed by atoms with Gasteiger partial charge in [0, 0.05) is 12.0 Å². The topological polar surface area (TPSA) is 44.8 Å². The molecule has 0 aliphatic carbocycles. The van der Waals surface area contributed by atoms with Crippen LogP contribution < -0.4 is 0 Å². The van der Waals surface area contributed by atoms with E-state index in [1.54, 1.807) is 6.92 Å². The lowest BCUT2D eigenvalue weighted by atomic mass is 9.98. The fourth-order valence-electron chi connectivity index (χ4n) is 2.22. The zero-order chi connectivity index (χ0) is 11.5. The Morgan fingerprint density at radius 2 is 2.25 bits per heavy atom. The average molecular weight is 226 g/mol. The van der Waals surface area contributed by atoms with Gasteiger partial charge in [0.1, 0.15) is 6.61 Å². The van der Waals surface area contributed by atoms with Gasteiger partial charge in [0.05, 0.1) is 24.9 Å². The van der Waals surface area contributed by atoms with E-state index < -0.39 is 0 Å². The van der Waals surface area contributed by atoms with Crippen molar-refractivity contribution in [2.24, 2.45) is 0 Å². The van der Waals surface area contributed by atoms with E-state index in [1.165, 1.54) is 0 Å². The fraction of sp³-hybridized carbons (Fsp3) is 0.750. The van der Waals surface area contributed by atoms with Crippen LogP contribution in [0.1, 0.15) is 26.2 Å². The molecule has 0 amide bonds. The van der Waals surface area contributed by atoms with E-state index in [0.717, 1.165) is 19.3 Å². The Morgan fingerprint density at radius 1 is 1.44 bits per heavy atom. The monoisotopic (exact) mass is 226 g/mol. The molecule has 4 nitrogen and oxygen atoms in total. The van der Waals surface area contributed by atoms with Crippen molar-refractivity contribution < 1.29 is 19.0 Å². The average Bonchev–Trinajstić information content (AvgIpc) is 2.85. The van der Waals surface area contributed by atoms with Gasteiger partial charge in [0.15, 0.2) is 0 Å². The molecule has 2 rings (SSSR count). The van der Waals surface area contributed by atoms with Crippen LogP contribution in [0.5, 0.6) is 0 Å². The van der Waals surface area contributed by atoms with Crippen LogP contribution in [0.25, 0.3) is 0 Å². The molecule has 2 saturated heterocycles. The lowest BCUT2D eigenvalue weighted by molar-refractivity contribution is -0.141. The van der Waals surface area contributed by atoms with Gasteiger partial charge in [0.25, 0.3) is 0 Å². The molecule has 0 aromatic carbocycles. The number of fused-ring (bicyclic) bond motifs is 2. The van der Waals surface area contributed by atoms with Crippen LogP contribution >= 0.6 is 0 Å². The van der Waals surface area contributed by atoms with Crippen molar-refractivity contribution in [1.82, 2.24) is 0 Å². The summed E-state index contributed by atoms with van der Waals surface area (Å²) in [5.41, 5.74) is 0.420. The molecule has 2 aliphatic rings. The summed E-state index contributed by atoms with van der Waals surface area (Å²) in [4.78, 5) is 11.1. The molecule has 0 aromatic rings. The first kappa shape index (κ1) is 11.6. The molecular formula is C12H18O4. The molecule has 3 atom stereocenters. The van der Waals surface area contributed by atoms with E-state index in [0.29, 0.717) is 24.9 Å². The van der Waals surface area contributed by atoms with Crippen LogP contribution in [-0.2, 0) is 19.0 Å². The second kappa shape index (κ2) is 4.97. The maximum atomic E-state index is 11.1. The first-order chi connectivity index (χ1) is 7.66. The van der Waals surface area contributed by atoms with Crippen LogP contribution in [-0.4, -0.2) is 37.5 Å². The van der Waals surface area contributed by atoms with Gasteiger partial charge in [-0.1, -0.05) is 6.58 Å². The molecule has 4 heteroatoms. The number of hydrogen-bond donors (Lipinski definition) is 0. The van der Waals surface area contributed by atoms with Crippen molar-refractivity contribution in [3.8, 4) is 0 Å². The third kappa shape index (κ3) is 2.62. The molecule has 0 aromatic heterocycles. The number of hydrogen-bond acceptors (Lipinski definition) is 4. The number of carbonyl (C=O) groups excluding carboxylic acids is 1. The van der Waals surface area contributed by atoms with Gasteiger partial charge in [-0.2, -0.15) is 0 Å². The molecular weight excluding hydrogens is 208 g/mol. The van der Waals surface area contributed by atoms with E-state index in [1.807, 2.05) is 0 Å². The Hall–Kier alpha value is -0.870. The van der Waals surface area contributed by atoms with Gasteiger partial charge in [-0.15, -0.1) is 0 Å². The summed E-state index contributed by atoms with van der Waals surface area (Å²) >= 11 is 0. The highest BCUT2D eigenvalue weighted by atomic mass is 16.6. The molecule has 90 valence electrons. The van der Waals surface area contributed by atoms with Crippen LogP contribution in [0, 0.1) is 0 Å². The van der Waals surface area contributed by atoms with Gasteiger partial charge >= 0.3 is 5.97 Å². The second-order valence-corrected chi connectivity index (χ2v) is 4.44. The second-order valence-electron chi connectivity index (χ2n) is 4.44. The van der Waals surface area contributed by atoms with Crippen LogP contribution in [0.4, 0.5) is 0 Å². The lowest BCUT2D eigenvalue weighted by Gasteiger charge is -2.18. The van der Waals surface area contributed by atoms with Crippen molar-refractivity contribution in [3.63, 3.8) is 0 Å². The molecule has 0 radical (unpaired) electrons. The molecule has 2 bridgehead atoms. The minimum atomic E-state index is -0.354. The predicted molar refractivity (Wildman–Crippen MR) is 58.0 cm³/mol. The Kier molecular flexibility index (Phi) is 3.61. The highest BCUT2D eigenvalue weighted by Gasteiger charge is 2.41. The summed E-state index contributed by atoms with van der Waals surface area (Å²) in [6.45, 7) is 5.87. The molecule has 0 spiro atoms. The number of rotatable bonds is 5. The fourth-order valence-corrected chi connectivity index (χ4v) is 2.22. The third-order valence-corrected chi connectivity index (χ3v) is 3.05. The number of esters is 1. The quantitative estimate of drug-likeness (QED) is 0.404. The predicted octanol–water partition coefficient (Wildman–Crippen LogP) is 1.44. The van der Waals surface area contributed by atoms with Crippen LogP contribution in [0.2, 0.25) is 0 Å². The van der Waals surface area contributed by atoms with E-state index >= 15 is 0 Å². The van der Waals surface area contributed by atoms with Gasteiger partial charge in [-0.3, -0.25) is 0 Å². The summed E-state index contributed by atoms with van der Waals surface area (Å²) in [5, 5.41) is 0. The highest BCUT2D eigenvalue weighted by Crippen LogP contribution is 2.35. The van der Waals surface area contributed by atoms with E-state index in [2.05, 4.69) is 6.58 Å². The molecule has 0 saturated carbocycles. The first-order valence-corrected chi connectivity index (χ1v) is 5.76. The smallest absolute Gasteiger partial charge is 0.333 e. The Balaban J connectivity index is 1.59. The van der Waals surface area contributed by atoms with Gasteiger partial charge in [-0.05, 0) is 19.8 Å². The molecule has 2 heterocycles. The van der Waals surface area contributed by atoms with E-state index in [4.69, 9.17) is 14.2 Å². The van der Waals surface area contributed by atoms with Gasteiger partial charge in [-0.25, -0.2) is 4.79 Å². The van der Waals surface area contributed by atoms with E-state index in [-0.39, 0.29) is 18.2 Å². The summed E-state index contributed by atoms with van der Waals surface area (Å²) < 4.78 is 16.2. The van der Waals surface area contributed by atoms with Gasteiger partial charge < -0.3 is 14.2 Å². The summed E-state index contributed by atoms with van der Waals surface area (Å²) in [6.07, 6.45) is 4.10. The van der Waals surface area contributed by atoms with Crippen molar-refractivity contribution >= 4 is 5.97 Å². The van der Waals surface area contributed by atoms with E-state index in [9.17, 15) is 4.79 Å². The molecule has 16 heavy (non-hydrogen) atoms. The standard InChI is InChI=1S/C12H18O4/c1-8(2)12(13)15-6-5-14-11-7-9-3-4-10(11)16-9/h9-11H,1,3-7H2,2H3. The molecule has 0 N–H and O–H groups in total. The SMILES string of the molecule is C=C(C)C(=O)OCCOC1CC2CCC1O2. The Morgan fingerprint density at radius 3 is 2.81 bits per heavy atom. The van der Waals surface area contributed by atoms with Crippen LogP contribution in [0.3, 0.4) is 0 Å². The maximum absolute atomic E-state index is 11.1.